The Balaban J connectivity index is 1.90. The standard InChI is InChI=1S/C22H26N2O9/c1-30-17-5-11(6-18(31-2)20(17)32-3)21(28)24-10-13(7-14(24)22(29)33-4)23-12-8-15(25)19(27)16(26)9-12/h5-6,8-9,13-14,23,25-27H,7,10H2,1-4H3/t13-,14-/m0/s1. The number of amides is 1. The van der Waals surface area contributed by atoms with Crippen molar-refractivity contribution in [1.82, 2.24) is 4.90 Å². The van der Waals surface area contributed by atoms with E-state index in [1.54, 1.807) is 0 Å². The molecule has 1 aliphatic rings. The number of hydrogen-bond donors (Lipinski definition) is 4. The predicted octanol–water partition coefficient (Wildman–Crippen LogP) is 1.70. The normalized spacial score (nSPS) is 17.4. The van der Waals surface area contributed by atoms with Crippen LogP contribution in [-0.4, -0.2) is 79.2 Å². The molecule has 0 aromatic heterocycles. The number of methoxy groups -OCH3 is 4. The number of ether oxygens (including phenoxy) is 4. The third-order valence-electron chi connectivity index (χ3n) is 5.39. The number of carbonyl (C=O) groups is 2. The van der Waals surface area contributed by atoms with Crippen molar-refractivity contribution < 1.29 is 43.9 Å². The summed E-state index contributed by atoms with van der Waals surface area (Å²) in [6, 6.07) is 4.16. The first kappa shape index (κ1) is 23.6. The van der Waals surface area contributed by atoms with E-state index in [9.17, 15) is 24.9 Å². The van der Waals surface area contributed by atoms with E-state index in [0.717, 1.165) is 0 Å². The van der Waals surface area contributed by atoms with Crippen molar-refractivity contribution in [3.05, 3.63) is 29.8 Å². The summed E-state index contributed by atoms with van der Waals surface area (Å²) < 4.78 is 20.8. The summed E-state index contributed by atoms with van der Waals surface area (Å²) in [6.45, 7) is 0.123. The van der Waals surface area contributed by atoms with Crippen molar-refractivity contribution in [3.63, 3.8) is 0 Å². The van der Waals surface area contributed by atoms with Gasteiger partial charge in [-0.05, 0) is 12.1 Å². The number of phenolic OH excluding ortho intramolecular Hbond substituents is 3. The molecule has 0 saturated carbocycles. The maximum atomic E-state index is 13.4. The van der Waals surface area contributed by atoms with Crippen molar-refractivity contribution in [3.8, 4) is 34.5 Å². The van der Waals surface area contributed by atoms with Gasteiger partial charge >= 0.3 is 5.97 Å². The maximum absolute atomic E-state index is 13.4. The number of benzene rings is 2. The van der Waals surface area contributed by atoms with E-state index >= 15 is 0 Å². The van der Waals surface area contributed by atoms with E-state index in [2.05, 4.69) is 5.32 Å². The van der Waals surface area contributed by atoms with Gasteiger partial charge in [0.05, 0.1) is 28.4 Å². The summed E-state index contributed by atoms with van der Waals surface area (Å²) in [5.41, 5.74) is 0.525. The van der Waals surface area contributed by atoms with Gasteiger partial charge in [-0.2, -0.15) is 0 Å². The van der Waals surface area contributed by atoms with Crippen molar-refractivity contribution in [2.75, 3.05) is 40.3 Å². The number of rotatable bonds is 7. The first-order valence-electron chi connectivity index (χ1n) is 9.94. The van der Waals surface area contributed by atoms with E-state index in [-0.39, 0.29) is 18.5 Å². The van der Waals surface area contributed by atoms with E-state index in [1.807, 2.05) is 0 Å². The Kier molecular flexibility index (Phi) is 6.90. The number of nitrogens with zero attached hydrogens (tertiary/aromatic N) is 1. The summed E-state index contributed by atoms with van der Waals surface area (Å²) in [5, 5.41) is 32.1. The Hall–Kier alpha value is -4.02. The summed E-state index contributed by atoms with van der Waals surface area (Å²) >= 11 is 0. The van der Waals surface area contributed by atoms with Crippen LogP contribution < -0.4 is 19.5 Å². The molecule has 1 saturated heterocycles. The van der Waals surface area contributed by atoms with Gasteiger partial charge in [0, 0.05) is 42.4 Å². The molecule has 33 heavy (non-hydrogen) atoms. The fourth-order valence-corrected chi connectivity index (χ4v) is 3.82. The Labute approximate surface area is 190 Å². The SMILES string of the molecule is COC(=O)[C@@H]1C[C@H](Nc2cc(O)c(O)c(O)c2)CN1C(=O)c1cc(OC)c(OC)c(OC)c1. The van der Waals surface area contributed by atoms with Crippen LogP contribution in [0.1, 0.15) is 16.8 Å². The Morgan fingerprint density at radius 1 is 0.939 bits per heavy atom. The van der Waals surface area contributed by atoms with Gasteiger partial charge < -0.3 is 44.5 Å². The zero-order valence-corrected chi connectivity index (χ0v) is 18.6. The molecule has 0 bridgehead atoms. The molecule has 1 fully saturated rings. The summed E-state index contributed by atoms with van der Waals surface area (Å²) in [4.78, 5) is 27.2. The molecule has 2 aromatic carbocycles. The largest absolute Gasteiger partial charge is 0.504 e. The van der Waals surface area contributed by atoms with Crippen molar-refractivity contribution in [2.24, 2.45) is 0 Å². The smallest absolute Gasteiger partial charge is 0.328 e. The van der Waals surface area contributed by atoms with Crippen LogP contribution in [0.25, 0.3) is 0 Å². The molecular weight excluding hydrogens is 436 g/mol. The quantitative estimate of drug-likeness (QED) is 0.272. The molecule has 2 atom stereocenters. The van der Waals surface area contributed by atoms with E-state index in [4.69, 9.17) is 18.9 Å². The van der Waals surface area contributed by atoms with Crippen LogP contribution in [0, 0.1) is 0 Å². The molecule has 0 radical (unpaired) electrons. The van der Waals surface area contributed by atoms with Crippen LogP contribution >= 0.6 is 0 Å². The lowest BCUT2D eigenvalue weighted by Crippen LogP contribution is -2.41. The van der Waals surface area contributed by atoms with Crippen LogP contribution in [0.2, 0.25) is 0 Å². The Morgan fingerprint density at radius 3 is 2.00 bits per heavy atom. The molecule has 11 nitrogen and oxygen atoms in total. The Morgan fingerprint density at radius 2 is 1.52 bits per heavy atom. The minimum Gasteiger partial charge on any atom is -0.504 e. The van der Waals surface area contributed by atoms with Crippen LogP contribution in [0.5, 0.6) is 34.5 Å². The highest BCUT2D eigenvalue weighted by molar-refractivity contribution is 5.98. The van der Waals surface area contributed by atoms with Gasteiger partial charge in [0.2, 0.25) is 5.75 Å². The molecule has 1 heterocycles. The zero-order valence-electron chi connectivity index (χ0n) is 18.6. The number of carbonyl (C=O) groups excluding carboxylic acids is 2. The lowest BCUT2D eigenvalue weighted by Gasteiger charge is -2.23. The van der Waals surface area contributed by atoms with Gasteiger partial charge in [0.15, 0.2) is 28.7 Å². The van der Waals surface area contributed by atoms with Crippen molar-refractivity contribution in [1.29, 1.82) is 0 Å². The average molecular weight is 462 g/mol. The molecule has 1 aliphatic heterocycles. The fourth-order valence-electron chi connectivity index (χ4n) is 3.82. The lowest BCUT2D eigenvalue weighted by atomic mass is 10.1. The highest BCUT2D eigenvalue weighted by Crippen LogP contribution is 2.40. The first-order chi connectivity index (χ1) is 15.7. The van der Waals surface area contributed by atoms with Gasteiger partial charge in [-0.25, -0.2) is 4.79 Å². The number of esters is 1. The number of hydrogen-bond acceptors (Lipinski definition) is 10. The van der Waals surface area contributed by atoms with E-state index in [0.29, 0.717) is 22.9 Å². The van der Waals surface area contributed by atoms with Gasteiger partial charge in [-0.15, -0.1) is 0 Å². The van der Waals surface area contributed by atoms with E-state index < -0.39 is 41.2 Å². The minimum atomic E-state index is -0.876. The van der Waals surface area contributed by atoms with Gasteiger partial charge in [-0.3, -0.25) is 4.79 Å². The second-order valence-electron chi connectivity index (χ2n) is 7.35. The third kappa shape index (κ3) is 4.61. The highest BCUT2D eigenvalue weighted by atomic mass is 16.5. The van der Waals surface area contributed by atoms with E-state index in [1.165, 1.54) is 57.6 Å². The molecule has 1 amide bonds. The number of likely N-dealkylation sites (tertiary alicyclic amines) is 1. The van der Waals surface area contributed by atoms with Gasteiger partial charge in [0.25, 0.3) is 5.91 Å². The number of anilines is 1. The monoisotopic (exact) mass is 462 g/mol. The molecule has 178 valence electrons. The van der Waals surface area contributed by atoms with Crippen LogP contribution in [0.4, 0.5) is 5.69 Å². The van der Waals surface area contributed by atoms with Gasteiger partial charge in [-0.1, -0.05) is 0 Å². The molecule has 4 N–H and O–H groups in total. The maximum Gasteiger partial charge on any atom is 0.328 e. The lowest BCUT2D eigenvalue weighted by molar-refractivity contribution is -0.145. The minimum absolute atomic E-state index is 0.123. The van der Waals surface area contributed by atoms with Crippen LogP contribution in [-0.2, 0) is 9.53 Å². The zero-order chi connectivity index (χ0) is 24.3. The molecule has 2 aromatic rings. The van der Waals surface area contributed by atoms with Crippen molar-refractivity contribution >= 4 is 17.6 Å². The van der Waals surface area contributed by atoms with Crippen molar-refractivity contribution in [2.45, 2.75) is 18.5 Å². The molecule has 3 rings (SSSR count). The second kappa shape index (κ2) is 9.63. The second-order valence-corrected chi connectivity index (χ2v) is 7.35. The molecule has 0 spiro atoms. The van der Waals surface area contributed by atoms with Crippen LogP contribution in [0.15, 0.2) is 24.3 Å². The molecular formula is C22H26N2O9. The molecule has 11 heteroatoms. The number of phenols is 3. The summed E-state index contributed by atoms with van der Waals surface area (Å²) in [7, 11) is 5.55. The molecule has 0 aliphatic carbocycles. The summed E-state index contributed by atoms with van der Waals surface area (Å²) in [6.07, 6.45) is 0.214. The number of aromatic hydroxyl groups is 3. The predicted molar refractivity (Wildman–Crippen MR) is 116 cm³/mol. The van der Waals surface area contributed by atoms with Gasteiger partial charge in [0.1, 0.15) is 6.04 Å². The van der Waals surface area contributed by atoms with Crippen LogP contribution in [0.3, 0.4) is 0 Å². The highest BCUT2D eigenvalue weighted by Gasteiger charge is 2.41. The fraction of sp³-hybridized carbons (Fsp3) is 0.364. The number of nitrogens with one attached hydrogen (secondary N) is 1. The topological polar surface area (TPSA) is 147 Å². The molecule has 0 unspecified atom stereocenters. The first-order valence-corrected chi connectivity index (χ1v) is 9.94. The third-order valence-corrected chi connectivity index (χ3v) is 5.39. The average Bonchev–Trinajstić information content (AvgIpc) is 3.23. The Bertz CT molecular complexity index is 1010. The summed E-state index contributed by atoms with van der Waals surface area (Å²) in [5.74, 6) is -1.79.